The fourth-order valence-electron chi connectivity index (χ4n) is 3.89. The predicted octanol–water partition coefficient (Wildman–Crippen LogP) is 3.37. The SMILES string of the molecule is O=C(N[C@H]1CN(CC2CC2)CCC[C@H]1O)c1ccc(OCc2ccc(F)cc2)cc1. The highest BCUT2D eigenvalue weighted by Gasteiger charge is 2.30. The highest BCUT2D eigenvalue weighted by atomic mass is 19.1. The largest absolute Gasteiger partial charge is 0.489 e. The van der Waals surface area contributed by atoms with Crippen LogP contribution in [-0.2, 0) is 6.61 Å². The molecule has 4 rings (SSSR count). The van der Waals surface area contributed by atoms with Crippen molar-refractivity contribution in [3.63, 3.8) is 0 Å². The number of carbonyl (C=O) groups is 1. The molecule has 1 saturated heterocycles. The first-order valence-corrected chi connectivity index (χ1v) is 10.8. The molecule has 0 spiro atoms. The van der Waals surface area contributed by atoms with Crippen molar-refractivity contribution in [1.82, 2.24) is 10.2 Å². The Bertz CT molecular complexity index is 837. The Morgan fingerprint density at radius 2 is 1.83 bits per heavy atom. The lowest BCUT2D eigenvalue weighted by atomic mass is 10.1. The molecule has 2 atom stereocenters. The van der Waals surface area contributed by atoms with Crippen LogP contribution in [0.4, 0.5) is 4.39 Å². The molecule has 2 aromatic carbocycles. The third-order valence-corrected chi connectivity index (χ3v) is 5.86. The molecular formula is C24H29FN2O3. The van der Waals surface area contributed by atoms with Crippen LogP contribution in [0.15, 0.2) is 48.5 Å². The average molecular weight is 413 g/mol. The van der Waals surface area contributed by atoms with Gasteiger partial charge >= 0.3 is 0 Å². The smallest absolute Gasteiger partial charge is 0.251 e. The molecule has 1 heterocycles. The minimum Gasteiger partial charge on any atom is -0.489 e. The summed E-state index contributed by atoms with van der Waals surface area (Å²) in [5.41, 5.74) is 1.41. The van der Waals surface area contributed by atoms with Crippen molar-refractivity contribution in [2.75, 3.05) is 19.6 Å². The van der Waals surface area contributed by atoms with Gasteiger partial charge in [-0.25, -0.2) is 4.39 Å². The van der Waals surface area contributed by atoms with Gasteiger partial charge in [-0.3, -0.25) is 4.79 Å². The highest BCUT2D eigenvalue weighted by molar-refractivity contribution is 5.94. The van der Waals surface area contributed by atoms with Gasteiger partial charge < -0.3 is 20.1 Å². The number of halogens is 1. The summed E-state index contributed by atoms with van der Waals surface area (Å²) in [5, 5.41) is 13.5. The second-order valence-corrected chi connectivity index (χ2v) is 8.43. The first-order valence-electron chi connectivity index (χ1n) is 10.8. The molecule has 0 aromatic heterocycles. The zero-order valence-corrected chi connectivity index (χ0v) is 17.1. The Hall–Kier alpha value is -2.44. The number of carbonyl (C=O) groups excluding carboxylic acids is 1. The standard InChI is InChI=1S/C24H29FN2O3/c25-20-9-5-18(6-10-20)16-30-21-11-7-19(8-12-21)24(29)26-22-15-27(14-17-3-4-17)13-1-2-23(22)28/h5-12,17,22-23,28H,1-4,13-16H2,(H,26,29)/t22-,23+/m0/s1. The normalized spacial score (nSPS) is 22.3. The molecule has 1 amide bonds. The third kappa shape index (κ3) is 5.80. The fourth-order valence-corrected chi connectivity index (χ4v) is 3.89. The van der Waals surface area contributed by atoms with Gasteiger partial charge in [-0.05, 0) is 80.1 Å². The Labute approximate surface area is 176 Å². The van der Waals surface area contributed by atoms with Gasteiger partial charge in [-0.15, -0.1) is 0 Å². The molecule has 1 aliphatic carbocycles. The van der Waals surface area contributed by atoms with Crippen LogP contribution >= 0.6 is 0 Å². The number of hydrogen-bond acceptors (Lipinski definition) is 4. The zero-order valence-electron chi connectivity index (χ0n) is 17.1. The van der Waals surface area contributed by atoms with Gasteiger partial charge in [-0.2, -0.15) is 0 Å². The Balaban J connectivity index is 1.31. The van der Waals surface area contributed by atoms with E-state index in [2.05, 4.69) is 10.2 Å². The van der Waals surface area contributed by atoms with Crippen LogP contribution in [0.2, 0.25) is 0 Å². The van der Waals surface area contributed by atoms with Crippen molar-refractivity contribution in [3.05, 3.63) is 65.5 Å². The van der Waals surface area contributed by atoms with Crippen LogP contribution in [0.25, 0.3) is 0 Å². The van der Waals surface area contributed by atoms with Gasteiger partial charge in [0.2, 0.25) is 0 Å². The summed E-state index contributed by atoms with van der Waals surface area (Å²) in [4.78, 5) is 15.1. The van der Waals surface area contributed by atoms with Gasteiger partial charge in [-0.1, -0.05) is 12.1 Å². The van der Waals surface area contributed by atoms with Crippen molar-refractivity contribution in [1.29, 1.82) is 0 Å². The van der Waals surface area contributed by atoms with E-state index in [1.807, 2.05) is 0 Å². The van der Waals surface area contributed by atoms with Crippen molar-refractivity contribution >= 4 is 5.91 Å². The number of rotatable bonds is 7. The van der Waals surface area contributed by atoms with E-state index in [-0.39, 0.29) is 17.8 Å². The molecule has 0 radical (unpaired) electrons. The molecule has 1 aliphatic heterocycles. The number of nitrogens with one attached hydrogen (secondary N) is 1. The number of nitrogens with zero attached hydrogens (tertiary/aromatic N) is 1. The molecule has 2 aliphatic rings. The third-order valence-electron chi connectivity index (χ3n) is 5.86. The number of amides is 1. The molecule has 2 aromatic rings. The second-order valence-electron chi connectivity index (χ2n) is 8.43. The molecule has 0 bridgehead atoms. The Kier molecular flexibility index (Phi) is 6.65. The van der Waals surface area contributed by atoms with E-state index in [9.17, 15) is 14.3 Å². The predicted molar refractivity (Wildman–Crippen MR) is 113 cm³/mol. The summed E-state index contributed by atoms with van der Waals surface area (Å²) >= 11 is 0. The number of hydrogen-bond donors (Lipinski definition) is 2. The van der Waals surface area contributed by atoms with E-state index >= 15 is 0 Å². The quantitative estimate of drug-likeness (QED) is 0.732. The van der Waals surface area contributed by atoms with Crippen molar-refractivity contribution in [2.24, 2.45) is 5.92 Å². The summed E-state index contributed by atoms with van der Waals surface area (Å²) in [6.07, 6.45) is 3.75. The van der Waals surface area contributed by atoms with Crippen molar-refractivity contribution in [2.45, 2.75) is 44.4 Å². The van der Waals surface area contributed by atoms with E-state index in [0.717, 1.165) is 31.0 Å². The number of likely N-dealkylation sites (tertiary alicyclic amines) is 1. The molecule has 1 saturated carbocycles. The number of benzene rings is 2. The van der Waals surface area contributed by atoms with E-state index < -0.39 is 6.10 Å². The average Bonchev–Trinajstić information content (AvgIpc) is 3.58. The Morgan fingerprint density at radius 3 is 2.53 bits per heavy atom. The minimum absolute atomic E-state index is 0.183. The van der Waals surface area contributed by atoms with Crippen LogP contribution in [0.3, 0.4) is 0 Å². The molecule has 6 heteroatoms. The number of ether oxygens (including phenoxy) is 1. The van der Waals surface area contributed by atoms with Crippen molar-refractivity contribution < 1.29 is 19.0 Å². The van der Waals surface area contributed by atoms with Gasteiger partial charge in [0.25, 0.3) is 5.91 Å². The van der Waals surface area contributed by atoms with E-state index in [0.29, 0.717) is 30.9 Å². The van der Waals surface area contributed by atoms with Crippen molar-refractivity contribution in [3.8, 4) is 5.75 Å². The summed E-state index contributed by atoms with van der Waals surface area (Å²) in [7, 11) is 0. The van der Waals surface area contributed by atoms with Crippen LogP contribution in [-0.4, -0.2) is 47.7 Å². The molecule has 2 fully saturated rings. The van der Waals surface area contributed by atoms with Crippen LogP contribution in [0.1, 0.15) is 41.6 Å². The molecular weight excluding hydrogens is 383 g/mol. The lowest BCUT2D eigenvalue weighted by molar-refractivity contribution is 0.0799. The lowest BCUT2D eigenvalue weighted by Crippen LogP contribution is -2.49. The van der Waals surface area contributed by atoms with Gasteiger partial charge in [0.15, 0.2) is 0 Å². The Morgan fingerprint density at radius 1 is 1.10 bits per heavy atom. The number of aliphatic hydroxyl groups excluding tert-OH is 1. The summed E-state index contributed by atoms with van der Waals surface area (Å²) in [6, 6.07) is 12.9. The summed E-state index contributed by atoms with van der Waals surface area (Å²) in [6.45, 7) is 3.08. The highest BCUT2D eigenvalue weighted by Crippen LogP contribution is 2.30. The first-order chi connectivity index (χ1) is 14.6. The van der Waals surface area contributed by atoms with Gasteiger partial charge in [0.1, 0.15) is 18.2 Å². The zero-order chi connectivity index (χ0) is 20.9. The topological polar surface area (TPSA) is 61.8 Å². The van der Waals surface area contributed by atoms with Gasteiger partial charge in [0.05, 0.1) is 12.1 Å². The fraction of sp³-hybridized carbons (Fsp3) is 0.458. The maximum atomic E-state index is 13.0. The number of aliphatic hydroxyl groups is 1. The minimum atomic E-state index is -0.517. The van der Waals surface area contributed by atoms with Crippen LogP contribution < -0.4 is 10.1 Å². The maximum Gasteiger partial charge on any atom is 0.251 e. The monoisotopic (exact) mass is 412 g/mol. The summed E-state index contributed by atoms with van der Waals surface area (Å²) in [5.74, 6) is 0.973. The van der Waals surface area contributed by atoms with Crippen LogP contribution in [0, 0.1) is 11.7 Å². The second kappa shape index (κ2) is 9.58. The van der Waals surface area contributed by atoms with Crippen LogP contribution in [0.5, 0.6) is 5.75 Å². The van der Waals surface area contributed by atoms with E-state index in [1.54, 1.807) is 36.4 Å². The molecule has 5 nitrogen and oxygen atoms in total. The molecule has 30 heavy (non-hydrogen) atoms. The lowest BCUT2D eigenvalue weighted by Gasteiger charge is -2.27. The van der Waals surface area contributed by atoms with E-state index in [1.165, 1.54) is 25.0 Å². The van der Waals surface area contributed by atoms with Gasteiger partial charge in [0, 0.05) is 18.7 Å². The maximum absolute atomic E-state index is 13.0. The van der Waals surface area contributed by atoms with E-state index in [4.69, 9.17) is 4.74 Å². The molecule has 2 N–H and O–H groups in total. The summed E-state index contributed by atoms with van der Waals surface area (Å²) < 4.78 is 18.7. The first kappa shape index (κ1) is 20.8. The molecule has 0 unspecified atom stereocenters. The molecule has 160 valence electrons.